The molecule has 0 aliphatic carbocycles. The van der Waals surface area contributed by atoms with Crippen molar-refractivity contribution < 1.29 is 0 Å². The fourth-order valence-corrected chi connectivity index (χ4v) is 2.28. The fourth-order valence-electron chi connectivity index (χ4n) is 2.28. The highest BCUT2D eigenvalue weighted by Crippen LogP contribution is 2.23. The predicted molar refractivity (Wildman–Crippen MR) is 42.0 cm³/mol. The Morgan fingerprint density at radius 2 is 2.30 bits per heavy atom. The first-order valence-electron chi connectivity index (χ1n) is 4.33. The van der Waals surface area contributed by atoms with Crippen LogP contribution in [0.1, 0.15) is 19.8 Å². The van der Waals surface area contributed by atoms with E-state index in [0.29, 0.717) is 0 Å². The van der Waals surface area contributed by atoms with Gasteiger partial charge in [0.2, 0.25) is 0 Å². The molecule has 0 aromatic carbocycles. The van der Waals surface area contributed by atoms with Crippen molar-refractivity contribution in [3.8, 4) is 0 Å². The molecule has 2 aliphatic rings. The smallest absolute Gasteiger partial charge is 0.0123 e. The van der Waals surface area contributed by atoms with E-state index in [1.54, 1.807) is 0 Å². The van der Waals surface area contributed by atoms with Gasteiger partial charge < -0.3 is 10.6 Å². The predicted octanol–water partition coefficient (Wildman–Crippen LogP) is 0.346. The number of rotatable bonds is 0. The first kappa shape index (κ1) is 6.62. The lowest BCUT2D eigenvalue weighted by Gasteiger charge is -2.25. The van der Waals surface area contributed by atoms with E-state index in [9.17, 15) is 0 Å². The zero-order valence-corrected chi connectivity index (χ0v) is 6.56. The van der Waals surface area contributed by atoms with Crippen LogP contribution in [0.5, 0.6) is 0 Å². The summed E-state index contributed by atoms with van der Waals surface area (Å²) in [6.07, 6.45) is 2.70. The third kappa shape index (κ3) is 1.06. The fraction of sp³-hybridized carbons (Fsp3) is 1.00. The first-order valence-corrected chi connectivity index (χ1v) is 4.33. The summed E-state index contributed by atoms with van der Waals surface area (Å²) >= 11 is 0. The van der Waals surface area contributed by atoms with Crippen molar-refractivity contribution >= 4 is 0 Å². The lowest BCUT2D eigenvalue weighted by atomic mass is 9.94. The summed E-state index contributed by atoms with van der Waals surface area (Å²) in [5.74, 6) is 0.920. The van der Waals surface area contributed by atoms with Crippen molar-refractivity contribution in [3.05, 3.63) is 0 Å². The van der Waals surface area contributed by atoms with E-state index < -0.39 is 0 Å². The van der Waals surface area contributed by atoms with Gasteiger partial charge in [-0.15, -0.1) is 0 Å². The average molecular weight is 140 g/mol. The van der Waals surface area contributed by atoms with E-state index in [0.717, 1.165) is 18.0 Å². The van der Waals surface area contributed by atoms with Gasteiger partial charge in [-0.25, -0.2) is 0 Å². The minimum atomic E-state index is 0.759. The molecule has 2 fully saturated rings. The van der Waals surface area contributed by atoms with Gasteiger partial charge >= 0.3 is 0 Å². The van der Waals surface area contributed by atoms with Crippen LogP contribution in [0.4, 0.5) is 0 Å². The molecule has 0 bridgehead atoms. The minimum Gasteiger partial charge on any atom is -0.316 e. The Morgan fingerprint density at radius 3 is 3.10 bits per heavy atom. The SMILES string of the molecule is CC1CC2CNCCC2N1. The van der Waals surface area contributed by atoms with Crippen LogP contribution in [0, 0.1) is 5.92 Å². The van der Waals surface area contributed by atoms with Gasteiger partial charge in [0.15, 0.2) is 0 Å². The van der Waals surface area contributed by atoms with E-state index in [4.69, 9.17) is 0 Å². The van der Waals surface area contributed by atoms with Crippen molar-refractivity contribution in [1.82, 2.24) is 10.6 Å². The van der Waals surface area contributed by atoms with Crippen LogP contribution in [0.2, 0.25) is 0 Å². The number of hydrogen-bond acceptors (Lipinski definition) is 2. The van der Waals surface area contributed by atoms with Gasteiger partial charge in [-0.05, 0) is 38.8 Å². The van der Waals surface area contributed by atoms with E-state index in [1.165, 1.54) is 25.9 Å². The Balaban J connectivity index is 1.97. The highest BCUT2D eigenvalue weighted by atomic mass is 15.0. The normalized spacial score (nSPS) is 47.1. The van der Waals surface area contributed by atoms with Crippen molar-refractivity contribution in [2.45, 2.75) is 31.8 Å². The van der Waals surface area contributed by atoms with E-state index in [1.807, 2.05) is 0 Å². The third-order valence-electron chi connectivity index (χ3n) is 2.76. The molecule has 58 valence electrons. The summed E-state index contributed by atoms with van der Waals surface area (Å²) in [7, 11) is 0. The summed E-state index contributed by atoms with van der Waals surface area (Å²) < 4.78 is 0. The number of hydrogen-bond donors (Lipinski definition) is 2. The van der Waals surface area contributed by atoms with Crippen LogP contribution in [0.15, 0.2) is 0 Å². The van der Waals surface area contributed by atoms with Gasteiger partial charge in [-0.3, -0.25) is 0 Å². The molecule has 10 heavy (non-hydrogen) atoms. The lowest BCUT2D eigenvalue weighted by Crippen LogP contribution is -2.42. The van der Waals surface area contributed by atoms with Gasteiger partial charge in [0, 0.05) is 12.1 Å². The summed E-state index contributed by atoms with van der Waals surface area (Å²) in [4.78, 5) is 0. The summed E-state index contributed by atoms with van der Waals surface area (Å²) in [6.45, 7) is 4.74. The quantitative estimate of drug-likeness (QED) is 0.507. The number of fused-ring (bicyclic) bond motifs is 1. The van der Waals surface area contributed by atoms with Crippen molar-refractivity contribution in [1.29, 1.82) is 0 Å². The highest BCUT2D eigenvalue weighted by molar-refractivity contribution is 4.92. The van der Waals surface area contributed by atoms with Crippen LogP contribution >= 0.6 is 0 Å². The Kier molecular flexibility index (Phi) is 1.66. The second-order valence-corrected chi connectivity index (χ2v) is 3.66. The molecule has 0 saturated carbocycles. The maximum absolute atomic E-state index is 3.62. The Hall–Kier alpha value is -0.0800. The molecule has 2 saturated heterocycles. The van der Waals surface area contributed by atoms with Gasteiger partial charge in [-0.2, -0.15) is 0 Å². The molecule has 2 heteroatoms. The second kappa shape index (κ2) is 2.51. The van der Waals surface area contributed by atoms with Gasteiger partial charge in [0.25, 0.3) is 0 Å². The lowest BCUT2D eigenvalue weighted by molar-refractivity contribution is 0.344. The van der Waals surface area contributed by atoms with Crippen LogP contribution in [0.25, 0.3) is 0 Å². The summed E-state index contributed by atoms with van der Waals surface area (Å²) in [5.41, 5.74) is 0. The molecule has 2 nitrogen and oxygen atoms in total. The molecule has 2 N–H and O–H groups in total. The minimum absolute atomic E-state index is 0.759. The average Bonchev–Trinajstić information content (AvgIpc) is 2.27. The largest absolute Gasteiger partial charge is 0.316 e. The molecule has 2 heterocycles. The van der Waals surface area contributed by atoms with Gasteiger partial charge in [-0.1, -0.05) is 0 Å². The molecular formula is C8H16N2. The Morgan fingerprint density at radius 1 is 1.40 bits per heavy atom. The molecule has 0 radical (unpaired) electrons. The third-order valence-corrected chi connectivity index (χ3v) is 2.76. The Labute approximate surface area is 62.4 Å². The summed E-state index contributed by atoms with van der Waals surface area (Å²) in [6, 6.07) is 1.59. The van der Waals surface area contributed by atoms with E-state index >= 15 is 0 Å². The zero-order valence-electron chi connectivity index (χ0n) is 6.56. The van der Waals surface area contributed by atoms with Crippen molar-refractivity contribution in [2.24, 2.45) is 5.92 Å². The van der Waals surface area contributed by atoms with Crippen LogP contribution in [-0.4, -0.2) is 25.2 Å². The van der Waals surface area contributed by atoms with Crippen LogP contribution in [0.3, 0.4) is 0 Å². The van der Waals surface area contributed by atoms with E-state index in [-0.39, 0.29) is 0 Å². The number of nitrogens with one attached hydrogen (secondary N) is 2. The molecule has 0 aromatic heterocycles. The standard InChI is InChI=1S/C8H16N2/c1-6-4-7-5-9-3-2-8(7)10-6/h6-10H,2-5H2,1H3. The molecule has 2 rings (SSSR count). The zero-order chi connectivity index (χ0) is 6.97. The van der Waals surface area contributed by atoms with Crippen molar-refractivity contribution in [2.75, 3.05) is 13.1 Å². The Bertz CT molecular complexity index is 110. The maximum Gasteiger partial charge on any atom is 0.0123 e. The van der Waals surface area contributed by atoms with Crippen LogP contribution < -0.4 is 10.6 Å². The second-order valence-electron chi connectivity index (χ2n) is 3.66. The summed E-state index contributed by atoms with van der Waals surface area (Å²) in [5, 5.41) is 7.05. The molecule has 0 spiro atoms. The highest BCUT2D eigenvalue weighted by Gasteiger charge is 2.32. The number of piperidine rings is 1. The van der Waals surface area contributed by atoms with Crippen molar-refractivity contribution in [3.63, 3.8) is 0 Å². The van der Waals surface area contributed by atoms with Gasteiger partial charge in [0.05, 0.1) is 0 Å². The molecule has 0 amide bonds. The molecular weight excluding hydrogens is 124 g/mol. The maximum atomic E-state index is 3.62. The van der Waals surface area contributed by atoms with Gasteiger partial charge in [0.1, 0.15) is 0 Å². The van der Waals surface area contributed by atoms with Crippen LogP contribution in [-0.2, 0) is 0 Å². The molecule has 3 unspecified atom stereocenters. The monoisotopic (exact) mass is 140 g/mol. The molecule has 0 aromatic rings. The molecule has 2 aliphatic heterocycles. The first-order chi connectivity index (χ1) is 4.86. The molecule has 3 atom stereocenters. The topological polar surface area (TPSA) is 24.1 Å². The van der Waals surface area contributed by atoms with E-state index in [2.05, 4.69) is 17.6 Å².